The lowest BCUT2D eigenvalue weighted by Gasteiger charge is -2.16. The van der Waals surface area contributed by atoms with Gasteiger partial charge >= 0.3 is 0 Å². The molecule has 0 aliphatic carbocycles. The molecule has 1 heterocycles. The van der Waals surface area contributed by atoms with Gasteiger partial charge in [0.15, 0.2) is 0 Å². The normalized spacial score (nSPS) is 18.6. The van der Waals surface area contributed by atoms with Gasteiger partial charge in [-0.25, -0.2) is 0 Å². The summed E-state index contributed by atoms with van der Waals surface area (Å²) in [7, 11) is 1.66. The smallest absolute Gasteiger partial charge is 0.223 e. The van der Waals surface area contributed by atoms with E-state index < -0.39 is 0 Å². The van der Waals surface area contributed by atoms with Gasteiger partial charge in [0.2, 0.25) is 5.91 Å². The SMILES string of the molecule is COCCN1C[C@@H](Cc2cccc(OC(C)C)c2)CC1=O. The lowest BCUT2D eigenvalue weighted by Crippen LogP contribution is -2.28. The van der Waals surface area contributed by atoms with Gasteiger partial charge in [-0.3, -0.25) is 4.79 Å². The lowest BCUT2D eigenvalue weighted by molar-refractivity contribution is -0.128. The van der Waals surface area contributed by atoms with Crippen LogP contribution in [-0.4, -0.2) is 43.7 Å². The number of likely N-dealkylation sites (tertiary alicyclic amines) is 1. The van der Waals surface area contributed by atoms with E-state index in [0.717, 1.165) is 18.7 Å². The van der Waals surface area contributed by atoms with Crippen molar-refractivity contribution in [2.75, 3.05) is 26.8 Å². The molecule has 1 aromatic carbocycles. The highest BCUT2D eigenvalue weighted by Crippen LogP contribution is 2.24. The fraction of sp³-hybridized carbons (Fsp3) is 0.588. The predicted octanol–water partition coefficient (Wildman–Crippen LogP) is 2.51. The van der Waals surface area contributed by atoms with E-state index in [1.165, 1.54) is 5.56 Å². The fourth-order valence-electron chi connectivity index (χ4n) is 2.76. The van der Waals surface area contributed by atoms with Crippen LogP contribution in [0.2, 0.25) is 0 Å². The van der Waals surface area contributed by atoms with Crippen LogP contribution >= 0.6 is 0 Å². The van der Waals surface area contributed by atoms with Crippen molar-refractivity contribution >= 4 is 5.91 Å². The molecule has 0 unspecified atom stereocenters. The van der Waals surface area contributed by atoms with Crippen molar-refractivity contribution in [3.63, 3.8) is 0 Å². The Hall–Kier alpha value is -1.55. The van der Waals surface area contributed by atoms with Crippen molar-refractivity contribution in [2.45, 2.75) is 32.8 Å². The van der Waals surface area contributed by atoms with E-state index >= 15 is 0 Å². The summed E-state index contributed by atoms with van der Waals surface area (Å²) in [6.07, 6.45) is 1.74. The van der Waals surface area contributed by atoms with Crippen LogP contribution in [0, 0.1) is 5.92 Å². The number of methoxy groups -OCH3 is 1. The van der Waals surface area contributed by atoms with Gasteiger partial charge in [-0.15, -0.1) is 0 Å². The maximum atomic E-state index is 11.9. The standard InChI is InChI=1S/C17H25NO3/c1-13(2)21-16-6-4-5-14(10-16)9-15-11-17(19)18(12-15)7-8-20-3/h4-6,10,13,15H,7-9,11-12H2,1-3H3/t15-/m0/s1. The molecule has 1 aromatic rings. The van der Waals surface area contributed by atoms with Gasteiger partial charge in [0, 0.05) is 26.6 Å². The number of carbonyl (C=O) groups is 1. The first kappa shape index (κ1) is 15.8. The highest BCUT2D eigenvalue weighted by Gasteiger charge is 2.29. The number of amides is 1. The highest BCUT2D eigenvalue weighted by atomic mass is 16.5. The Morgan fingerprint density at radius 3 is 2.90 bits per heavy atom. The Labute approximate surface area is 127 Å². The Morgan fingerprint density at radius 1 is 1.38 bits per heavy atom. The maximum Gasteiger partial charge on any atom is 0.223 e. The van der Waals surface area contributed by atoms with E-state index in [1.54, 1.807) is 7.11 Å². The van der Waals surface area contributed by atoms with Crippen LogP contribution in [-0.2, 0) is 16.0 Å². The molecular weight excluding hydrogens is 266 g/mol. The molecule has 2 rings (SSSR count). The quantitative estimate of drug-likeness (QED) is 0.775. The monoisotopic (exact) mass is 291 g/mol. The molecule has 0 spiro atoms. The van der Waals surface area contributed by atoms with E-state index in [9.17, 15) is 4.79 Å². The maximum absolute atomic E-state index is 11.9. The third-order valence-electron chi connectivity index (χ3n) is 3.65. The van der Waals surface area contributed by atoms with Crippen molar-refractivity contribution in [3.8, 4) is 5.75 Å². The van der Waals surface area contributed by atoms with Gasteiger partial charge in [-0.05, 0) is 43.9 Å². The van der Waals surface area contributed by atoms with Crippen molar-refractivity contribution in [1.29, 1.82) is 0 Å². The molecule has 116 valence electrons. The zero-order valence-electron chi connectivity index (χ0n) is 13.2. The fourth-order valence-corrected chi connectivity index (χ4v) is 2.76. The number of hydrogen-bond donors (Lipinski definition) is 0. The van der Waals surface area contributed by atoms with Gasteiger partial charge in [-0.2, -0.15) is 0 Å². The second-order valence-corrected chi connectivity index (χ2v) is 5.92. The predicted molar refractivity (Wildman–Crippen MR) is 82.5 cm³/mol. The van der Waals surface area contributed by atoms with Crippen molar-refractivity contribution in [1.82, 2.24) is 4.90 Å². The van der Waals surface area contributed by atoms with Crippen LogP contribution < -0.4 is 4.74 Å². The topological polar surface area (TPSA) is 38.8 Å². The van der Waals surface area contributed by atoms with Crippen molar-refractivity contribution < 1.29 is 14.3 Å². The van der Waals surface area contributed by atoms with E-state index in [4.69, 9.17) is 9.47 Å². The Bertz CT molecular complexity index is 473. The average Bonchev–Trinajstić information content (AvgIpc) is 2.76. The van der Waals surface area contributed by atoms with E-state index in [0.29, 0.717) is 25.5 Å². The molecule has 1 saturated heterocycles. The molecule has 1 atom stereocenters. The second-order valence-electron chi connectivity index (χ2n) is 5.92. The molecule has 0 radical (unpaired) electrons. The summed E-state index contributed by atoms with van der Waals surface area (Å²) in [6, 6.07) is 8.19. The van der Waals surface area contributed by atoms with Gasteiger partial charge in [0.25, 0.3) is 0 Å². The van der Waals surface area contributed by atoms with Crippen molar-refractivity contribution in [3.05, 3.63) is 29.8 Å². The number of hydrogen-bond acceptors (Lipinski definition) is 3. The van der Waals surface area contributed by atoms with E-state index in [-0.39, 0.29) is 12.0 Å². The second kappa shape index (κ2) is 7.46. The van der Waals surface area contributed by atoms with Crippen LogP contribution in [0.5, 0.6) is 5.75 Å². The third-order valence-corrected chi connectivity index (χ3v) is 3.65. The minimum absolute atomic E-state index is 0.179. The molecule has 1 aliphatic heterocycles. The number of rotatable bonds is 7. The molecule has 0 N–H and O–H groups in total. The van der Waals surface area contributed by atoms with E-state index in [1.807, 2.05) is 30.9 Å². The summed E-state index contributed by atoms with van der Waals surface area (Å²) < 4.78 is 10.8. The Kier molecular flexibility index (Phi) is 5.62. The van der Waals surface area contributed by atoms with Gasteiger partial charge < -0.3 is 14.4 Å². The number of nitrogens with zero attached hydrogens (tertiary/aromatic N) is 1. The van der Waals surface area contributed by atoms with Crippen LogP contribution in [0.15, 0.2) is 24.3 Å². The molecule has 21 heavy (non-hydrogen) atoms. The minimum Gasteiger partial charge on any atom is -0.491 e. The summed E-state index contributed by atoms with van der Waals surface area (Å²) in [5, 5.41) is 0. The zero-order chi connectivity index (χ0) is 15.2. The summed E-state index contributed by atoms with van der Waals surface area (Å²) in [6.45, 7) is 6.18. The molecule has 1 amide bonds. The number of carbonyl (C=O) groups excluding carboxylic acids is 1. The minimum atomic E-state index is 0.179. The molecule has 1 aliphatic rings. The summed E-state index contributed by atoms with van der Waals surface area (Å²) >= 11 is 0. The summed E-state index contributed by atoms with van der Waals surface area (Å²) in [5.74, 6) is 1.54. The average molecular weight is 291 g/mol. The van der Waals surface area contributed by atoms with Gasteiger partial charge in [-0.1, -0.05) is 12.1 Å². The molecule has 4 nitrogen and oxygen atoms in total. The lowest BCUT2D eigenvalue weighted by atomic mass is 9.98. The van der Waals surface area contributed by atoms with Crippen LogP contribution in [0.3, 0.4) is 0 Å². The number of benzene rings is 1. The summed E-state index contributed by atoms with van der Waals surface area (Å²) in [4.78, 5) is 13.8. The Balaban J connectivity index is 1.92. The first-order valence-electron chi connectivity index (χ1n) is 7.60. The number of ether oxygens (including phenoxy) is 2. The molecular formula is C17H25NO3. The largest absolute Gasteiger partial charge is 0.491 e. The summed E-state index contributed by atoms with van der Waals surface area (Å²) in [5.41, 5.74) is 1.24. The Morgan fingerprint density at radius 2 is 2.19 bits per heavy atom. The van der Waals surface area contributed by atoms with Gasteiger partial charge in [0.1, 0.15) is 5.75 Å². The molecule has 0 aromatic heterocycles. The van der Waals surface area contributed by atoms with Crippen LogP contribution in [0.4, 0.5) is 0 Å². The van der Waals surface area contributed by atoms with Crippen molar-refractivity contribution in [2.24, 2.45) is 5.92 Å². The van der Waals surface area contributed by atoms with Gasteiger partial charge in [0.05, 0.1) is 12.7 Å². The molecule has 1 fully saturated rings. The third kappa shape index (κ3) is 4.74. The zero-order valence-corrected chi connectivity index (χ0v) is 13.2. The van der Waals surface area contributed by atoms with Crippen LogP contribution in [0.1, 0.15) is 25.8 Å². The highest BCUT2D eigenvalue weighted by molar-refractivity contribution is 5.78. The van der Waals surface area contributed by atoms with E-state index in [2.05, 4.69) is 12.1 Å². The molecule has 0 saturated carbocycles. The first-order chi connectivity index (χ1) is 10.1. The first-order valence-corrected chi connectivity index (χ1v) is 7.60. The molecule has 4 heteroatoms. The molecule has 0 bridgehead atoms. The van der Waals surface area contributed by atoms with Crippen LogP contribution in [0.25, 0.3) is 0 Å².